The Morgan fingerprint density at radius 1 is 0.606 bits per heavy atom. The summed E-state index contributed by atoms with van der Waals surface area (Å²) in [6.45, 7) is 4.61. The van der Waals surface area contributed by atoms with Gasteiger partial charge < -0.3 is 4.90 Å². The molecular weight excluding hydrogens is 404 g/mol. The predicted octanol–water partition coefficient (Wildman–Crippen LogP) is 7.04. The maximum absolute atomic E-state index is 4.55. The Morgan fingerprint density at radius 2 is 1.15 bits per heavy atom. The summed E-state index contributed by atoms with van der Waals surface area (Å²) < 4.78 is 1.83. The molecule has 0 spiro atoms. The average molecular weight is 429 g/mol. The van der Waals surface area contributed by atoms with Crippen LogP contribution in [0.4, 0.5) is 17.1 Å². The van der Waals surface area contributed by atoms with Gasteiger partial charge >= 0.3 is 0 Å². The standard InChI is InChI=1S/C29H24N4/c1-29(2)23-15-7-10-18-27(23)33(28-19-11-8-16-24(28)29)26-17-9-6-14-22(26)25-20-32(31-30-25)21-12-4-3-5-13-21/h3-20H,1-2H3. The predicted molar refractivity (Wildman–Crippen MR) is 134 cm³/mol. The highest BCUT2D eigenvalue weighted by Gasteiger charge is 2.37. The molecule has 4 aromatic carbocycles. The van der Waals surface area contributed by atoms with Crippen LogP contribution in [-0.4, -0.2) is 15.0 Å². The summed E-state index contributed by atoms with van der Waals surface area (Å²) in [5.41, 5.74) is 8.90. The Morgan fingerprint density at radius 3 is 1.82 bits per heavy atom. The third-order valence-corrected chi connectivity index (χ3v) is 6.57. The molecule has 0 aliphatic carbocycles. The number of hydrogen-bond acceptors (Lipinski definition) is 3. The minimum atomic E-state index is -0.0882. The van der Waals surface area contributed by atoms with Crippen LogP contribution in [0.25, 0.3) is 16.9 Å². The Hall–Kier alpha value is -4.18. The molecule has 1 aliphatic rings. The van der Waals surface area contributed by atoms with Crippen molar-refractivity contribution < 1.29 is 0 Å². The highest BCUT2D eigenvalue weighted by atomic mass is 15.4. The van der Waals surface area contributed by atoms with Crippen LogP contribution >= 0.6 is 0 Å². The molecule has 1 aliphatic heterocycles. The normalized spacial score (nSPS) is 13.9. The Labute approximate surface area is 193 Å². The number of fused-ring (bicyclic) bond motifs is 2. The first-order valence-electron chi connectivity index (χ1n) is 11.2. The molecule has 6 rings (SSSR count). The molecule has 33 heavy (non-hydrogen) atoms. The third kappa shape index (κ3) is 3.06. The summed E-state index contributed by atoms with van der Waals surface area (Å²) in [5.74, 6) is 0. The molecule has 4 heteroatoms. The van der Waals surface area contributed by atoms with Crippen molar-refractivity contribution in [2.75, 3.05) is 4.90 Å². The van der Waals surface area contributed by atoms with E-state index in [0.717, 1.165) is 22.6 Å². The summed E-state index contributed by atoms with van der Waals surface area (Å²) in [5, 5.41) is 8.95. The monoisotopic (exact) mass is 428 g/mol. The second-order valence-corrected chi connectivity index (χ2v) is 8.90. The van der Waals surface area contributed by atoms with E-state index < -0.39 is 0 Å². The van der Waals surface area contributed by atoms with Crippen LogP contribution in [0, 0.1) is 0 Å². The maximum atomic E-state index is 4.55. The van der Waals surface area contributed by atoms with E-state index in [-0.39, 0.29) is 5.41 Å². The molecule has 5 aromatic rings. The lowest BCUT2D eigenvalue weighted by atomic mass is 9.73. The van der Waals surface area contributed by atoms with Crippen molar-refractivity contribution in [3.05, 3.63) is 120 Å². The van der Waals surface area contributed by atoms with Gasteiger partial charge in [-0.15, -0.1) is 5.10 Å². The van der Waals surface area contributed by atoms with Crippen LogP contribution in [0.5, 0.6) is 0 Å². The molecule has 0 fully saturated rings. The van der Waals surface area contributed by atoms with Crippen molar-refractivity contribution in [2.45, 2.75) is 19.3 Å². The third-order valence-electron chi connectivity index (χ3n) is 6.57. The van der Waals surface area contributed by atoms with Gasteiger partial charge in [0.1, 0.15) is 5.69 Å². The van der Waals surface area contributed by atoms with Gasteiger partial charge in [0.2, 0.25) is 0 Å². The van der Waals surface area contributed by atoms with Gasteiger partial charge in [-0.25, -0.2) is 4.68 Å². The smallest absolute Gasteiger partial charge is 0.115 e. The van der Waals surface area contributed by atoms with Gasteiger partial charge in [-0.2, -0.15) is 0 Å². The number of aromatic nitrogens is 3. The van der Waals surface area contributed by atoms with Crippen LogP contribution in [0.15, 0.2) is 109 Å². The van der Waals surface area contributed by atoms with Crippen molar-refractivity contribution in [1.82, 2.24) is 15.0 Å². The first-order valence-corrected chi connectivity index (χ1v) is 11.2. The Kier molecular flexibility index (Phi) is 4.40. The van der Waals surface area contributed by atoms with Gasteiger partial charge in [0, 0.05) is 11.0 Å². The first kappa shape index (κ1) is 19.5. The molecule has 0 atom stereocenters. The fourth-order valence-corrected chi connectivity index (χ4v) is 4.91. The molecule has 4 nitrogen and oxygen atoms in total. The van der Waals surface area contributed by atoms with Gasteiger partial charge in [-0.05, 0) is 41.5 Å². The molecule has 160 valence electrons. The highest BCUT2D eigenvalue weighted by molar-refractivity contribution is 5.91. The van der Waals surface area contributed by atoms with E-state index in [1.54, 1.807) is 0 Å². The fraction of sp³-hybridized carbons (Fsp3) is 0.103. The van der Waals surface area contributed by atoms with E-state index >= 15 is 0 Å². The number of para-hydroxylation sites is 4. The zero-order valence-electron chi connectivity index (χ0n) is 18.7. The second kappa shape index (κ2) is 7.45. The summed E-state index contributed by atoms with van der Waals surface area (Å²) in [4.78, 5) is 2.37. The number of anilines is 3. The maximum Gasteiger partial charge on any atom is 0.115 e. The minimum absolute atomic E-state index is 0.0882. The molecule has 0 N–H and O–H groups in total. The van der Waals surface area contributed by atoms with Crippen LogP contribution < -0.4 is 4.90 Å². The largest absolute Gasteiger partial charge is 0.309 e. The highest BCUT2D eigenvalue weighted by Crippen LogP contribution is 2.52. The molecule has 1 aromatic heterocycles. The molecule has 0 saturated heterocycles. The Bertz CT molecular complexity index is 1400. The van der Waals surface area contributed by atoms with Gasteiger partial charge in [-0.1, -0.05) is 91.9 Å². The average Bonchev–Trinajstić information content (AvgIpc) is 3.36. The number of nitrogens with zero attached hydrogens (tertiary/aromatic N) is 4. The Balaban J connectivity index is 1.55. The molecule has 0 bridgehead atoms. The molecule has 0 saturated carbocycles. The number of benzene rings is 4. The SMILES string of the molecule is CC1(C)c2ccccc2N(c2ccccc2-c2cn(-c3ccccc3)nn2)c2ccccc21. The van der Waals surface area contributed by atoms with Gasteiger partial charge in [0.05, 0.1) is 28.9 Å². The van der Waals surface area contributed by atoms with Crippen molar-refractivity contribution in [2.24, 2.45) is 0 Å². The first-order chi connectivity index (χ1) is 16.1. The van der Waals surface area contributed by atoms with E-state index in [0.29, 0.717) is 0 Å². The summed E-state index contributed by atoms with van der Waals surface area (Å²) in [6, 6.07) is 35.9. The number of rotatable bonds is 3. The minimum Gasteiger partial charge on any atom is -0.309 e. The van der Waals surface area contributed by atoms with Crippen LogP contribution in [0.2, 0.25) is 0 Å². The van der Waals surface area contributed by atoms with Crippen LogP contribution in [0.1, 0.15) is 25.0 Å². The zero-order valence-corrected chi connectivity index (χ0v) is 18.7. The lowest BCUT2D eigenvalue weighted by Gasteiger charge is -2.42. The van der Waals surface area contributed by atoms with Gasteiger partial charge in [0.25, 0.3) is 0 Å². The van der Waals surface area contributed by atoms with E-state index in [1.165, 1.54) is 22.5 Å². The van der Waals surface area contributed by atoms with E-state index in [1.807, 2.05) is 41.2 Å². The summed E-state index contributed by atoms with van der Waals surface area (Å²) >= 11 is 0. The molecule has 0 radical (unpaired) electrons. The number of hydrogen-bond donors (Lipinski definition) is 0. The lowest BCUT2D eigenvalue weighted by Crippen LogP contribution is -2.30. The quantitative estimate of drug-likeness (QED) is 0.309. The van der Waals surface area contributed by atoms with Crippen molar-refractivity contribution >= 4 is 17.1 Å². The van der Waals surface area contributed by atoms with E-state index in [4.69, 9.17) is 0 Å². The summed E-state index contributed by atoms with van der Waals surface area (Å²) in [6.07, 6.45) is 2.00. The second-order valence-electron chi connectivity index (χ2n) is 8.90. The van der Waals surface area contributed by atoms with E-state index in [9.17, 15) is 0 Å². The van der Waals surface area contributed by atoms with Gasteiger partial charge in [-0.3, -0.25) is 0 Å². The van der Waals surface area contributed by atoms with Crippen molar-refractivity contribution in [3.63, 3.8) is 0 Å². The molecule has 2 heterocycles. The van der Waals surface area contributed by atoms with E-state index in [2.05, 4.69) is 102 Å². The fourth-order valence-electron chi connectivity index (χ4n) is 4.91. The topological polar surface area (TPSA) is 34.0 Å². The summed E-state index contributed by atoms with van der Waals surface area (Å²) in [7, 11) is 0. The molecule has 0 unspecified atom stereocenters. The molecule has 0 amide bonds. The van der Waals surface area contributed by atoms with Crippen LogP contribution in [0.3, 0.4) is 0 Å². The van der Waals surface area contributed by atoms with Gasteiger partial charge in [0.15, 0.2) is 0 Å². The van der Waals surface area contributed by atoms with Crippen LogP contribution in [-0.2, 0) is 5.41 Å². The van der Waals surface area contributed by atoms with Crippen molar-refractivity contribution in [1.29, 1.82) is 0 Å². The molecular formula is C29H24N4. The lowest BCUT2D eigenvalue weighted by molar-refractivity contribution is 0.632. The van der Waals surface area contributed by atoms with Crippen molar-refractivity contribution in [3.8, 4) is 16.9 Å². The zero-order chi connectivity index (χ0) is 22.4.